The minimum Gasteiger partial charge on any atom is -0.494 e. The van der Waals surface area contributed by atoms with Gasteiger partial charge in [-0.2, -0.15) is 5.10 Å². The summed E-state index contributed by atoms with van der Waals surface area (Å²) in [5.41, 5.74) is 4.48. The third kappa shape index (κ3) is 4.91. The van der Waals surface area contributed by atoms with Crippen LogP contribution in [0.5, 0.6) is 5.75 Å². The predicted molar refractivity (Wildman–Crippen MR) is 113 cm³/mol. The molecule has 0 aliphatic carbocycles. The number of nitrogens with zero attached hydrogens (tertiary/aromatic N) is 3. The Balaban J connectivity index is 1.64. The maximum atomic E-state index is 5.76. The zero-order chi connectivity index (χ0) is 19.8. The number of hydrogen-bond acceptors (Lipinski definition) is 3. The van der Waals surface area contributed by atoms with E-state index in [2.05, 4.69) is 58.0 Å². The SMILES string of the molecule is CCOc1cc(C)ccc1CNC(=NC)NCc1ccccc1-n1cccn1. The standard InChI is InChI=1S/C22H27N5O/c1-4-28-21-14-17(2)10-11-19(21)16-25-22(23-3)24-15-18-8-5-6-9-20(18)27-13-7-12-26-27/h5-14H,4,15-16H2,1-3H3,(H2,23,24,25). The molecule has 6 heteroatoms. The van der Waals surface area contributed by atoms with Crippen molar-refractivity contribution in [3.05, 3.63) is 77.6 Å². The molecule has 3 aromatic rings. The first kappa shape index (κ1) is 19.5. The van der Waals surface area contributed by atoms with Crippen LogP contribution in [0.3, 0.4) is 0 Å². The maximum absolute atomic E-state index is 5.76. The number of nitrogens with one attached hydrogen (secondary N) is 2. The molecular weight excluding hydrogens is 350 g/mol. The second kappa shape index (κ2) is 9.60. The molecule has 0 aliphatic heterocycles. The molecule has 0 radical (unpaired) electrons. The third-order valence-electron chi connectivity index (χ3n) is 4.38. The van der Waals surface area contributed by atoms with Crippen LogP contribution in [0.25, 0.3) is 5.69 Å². The third-order valence-corrected chi connectivity index (χ3v) is 4.38. The number of rotatable bonds is 7. The number of aryl methyl sites for hydroxylation is 1. The molecule has 0 bridgehead atoms. The van der Waals surface area contributed by atoms with E-state index in [-0.39, 0.29) is 0 Å². The minimum absolute atomic E-state index is 0.635. The summed E-state index contributed by atoms with van der Waals surface area (Å²) in [6, 6.07) is 16.4. The Morgan fingerprint density at radius 2 is 1.86 bits per heavy atom. The normalized spacial score (nSPS) is 11.3. The lowest BCUT2D eigenvalue weighted by Gasteiger charge is -2.16. The highest BCUT2D eigenvalue weighted by molar-refractivity contribution is 5.79. The van der Waals surface area contributed by atoms with Crippen molar-refractivity contribution in [2.24, 2.45) is 4.99 Å². The van der Waals surface area contributed by atoms with Gasteiger partial charge in [0.1, 0.15) is 5.75 Å². The van der Waals surface area contributed by atoms with Gasteiger partial charge in [-0.3, -0.25) is 4.99 Å². The van der Waals surface area contributed by atoms with E-state index in [1.165, 1.54) is 5.56 Å². The molecule has 146 valence electrons. The highest BCUT2D eigenvalue weighted by Crippen LogP contribution is 2.20. The van der Waals surface area contributed by atoms with Crippen molar-refractivity contribution in [3.8, 4) is 11.4 Å². The molecule has 1 heterocycles. The van der Waals surface area contributed by atoms with Crippen LogP contribution in [-0.4, -0.2) is 29.4 Å². The van der Waals surface area contributed by atoms with Crippen molar-refractivity contribution in [2.75, 3.05) is 13.7 Å². The van der Waals surface area contributed by atoms with Crippen molar-refractivity contribution in [1.82, 2.24) is 20.4 Å². The lowest BCUT2D eigenvalue weighted by Crippen LogP contribution is -2.36. The van der Waals surface area contributed by atoms with E-state index in [4.69, 9.17) is 4.74 Å². The fourth-order valence-corrected chi connectivity index (χ4v) is 2.97. The fraction of sp³-hybridized carbons (Fsp3) is 0.273. The molecule has 2 N–H and O–H groups in total. The monoisotopic (exact) mass is 377 g/mol. The lowest BCUT2D eigenvalue weighted by molar-refractivity contribution is 0.336. The zero-order valence-electron chi connectivity index (χ0n) is 16.6. The second-order valence-corrected chi connectivity index (χ2v) is 6.40. The largest absolute Gasteiger partial charge is 0.494 e. The van der Waals surface area contributed by atoms with E-state index >= 15 is 0 Å². The average Bonchev–Trinajstić information content (AvgIpc) is 3.24. The first-order valence-corrected chi connectivity index (χ1v) is 9.46. The molecule has 0 saturated heterocycles. The van der Waals surface area contributed by atoms with Gasteiger partial charge in [-0.1, -0.05) is 30.3 Å². The average molecular weight is 377 g/mol. The van der Waals surface area contributed by atoms with Gasteiger partial charge in [0.2, 0.25) is 0 Å². The molecule has 0 fully saturated rings. The quantitative estimate of drug-likeness (QED) is 0.489. The van der Waals surface area contributed by atoms with E-state index in [0.29, 0.717) is 19.7 Å². The molecule has 0 atom stereocenters. The van der Waals surface area contributed by atoms with Crippen LogP contribution in [0.2, 0.25) is 0 Å². The van der Waals surface area contributed by atoms with Crippen LogP contribution in [0.15, 0.2) is 65.9 Å². The molecule has 2 aromatic carbocycles. The molecule has 6 nitrogen and oxygen atoms in total. The molecule has 1 aromatic heterocycles. The first-order chi connectivity index (χ1) is 13.7. The summed E-state index contributed by atoms with van der Waals surface area (Å²) in [7, 11) is 1.77. The van der Waals surface area contributed by atoms with Crippen molar-refractivity contribution in [1.29, 1.82) is 0 Å². The van der Waals surface area contributed by atoms with Crippen molar-refractivity contribution >= 4 is 5.96 Å². The summed E-state index contributed by atoms with van der Waals surface area (Å²) >= 11 is 0. The summed E-state index contributed by atoms with van der Waals surface area (Å²) in [5, 5.41) is 11.1. The second-order valence-electron chi connectivity index (χ2n) is 6.40. The maximum Gasteiger partial charge on any atom is 0.191 e. The molecule has 3 rings (SSSR count). The molecule has 0 unspecified atom stereocenters. The summed E-state index contributed by atoms with van der Waals surface area (Å²) in [6.45, 7) is 5.99. The Hall–Kier alpha value is -3.28. The van der Waals surface area contributed by atoms with Gasteiger partial charge in [0.05, 0.1) is 12.3 Å². The predicted octanol–water partition coefficient (Wildman–Crippen LogP) is 3.44. The molecule has 0 amide bonds. The Morgan fingerprint density at radius 1 is 1.07 bits per heavy atom. The van der Waals surface area contributed by atoms with Crippen LogP contribution >= 0.6 is 0 Å². The van der Waals surface area contributed by atoms with E-state index in [0.717, 1.165) is 28.5 Å². The van der Waals surface area contributed by atoms with E-state index in [1.807, 2.05) is 36.0 Å². The van der Waals surface area contributed by atoms with Crippen LogP contribution < -0.4 is 15.4 Å². The molecule has 28 heavy (non-hydrogen) atoms. The highest BCUT2D eigenvalue weighted by Gasteiger charge is 2.07. The van der Waals surface area contributed by atoms with Gasteiger partial charge in [0, 0.05) is 38.1 Å². The van der Waals surface area contributed by atoms with E-state index in [9.17, 15) is 0 Å². The van der Waals surface area contributed by atoms with Crippen molar-refractivity contribution < 1.29 is 4.74 Å². The Morgan fingerprint density at radius 3 is 2.57 bits per heavy atom. The summed E-state index contributed by atoms with van der Waals surface area (Å²) in [6.07, 6.45) is 3.72. The number of aliphatic imine (C=N–C) groups is 1. The zero-order valence-corrected chi connectivity index (χ0v) is 16.6. The molecule has 0 saturated carbocycles. The van der Waals surface area contributed by atoms with Crippen LogP contribution in [0, 0.1) is 6.92 Å². The number of guanidine groups is 1. The van der Waals surface area contributed by atoms with Crippen molar-refractivity contribution in [3.63, 3.8) is 0 Å². The van der Waals surface area contributed by atoms with E-state index < -0.39 is 0 Å². The smallest absolute Gasteiger partial charge is 0.191 e. The Labute approximate surface area is 166 Å². The molecular formula is C22H27N5O. The van der Waals surface area contributed by atoms with Gasteiger partial charge >= 0.3 is 0 Å². The Bertz CT molecular complexity index is 918. The van der Waals surface area contributed by atoms with Crippen molar-refractivity contribution in [2.45, 2.75) is 26.9 Å². The number of hydrogen-bond donors (Lipinski definition) is 2. The minimum atomic E-state index is 0.635. The molecule has 0 aliphatic rings. The van der Waals surface area contributed by atoms with Gasteiger partial charge in [0.25, 0.3) is 0 Å². The fourth-order valence-electron chi connectivity index (χ4n) is 2.97. The van der Waals surface area contributed by atoms with Crippen LogP contribution in [-0.2, 0) is 13.1 Å². The van der Waals surface area contributed by atoms with E-state index in [1.54, 1.807) is 13.2 Å². The van der Waals surface area contributed by atoms with Gasteiger partial charge < -0.3 is 15.4 Å². The summed E-state index contributed by atoms with van der Waals surface area (Å²) in [4.78, 5) is 4.33. The number of para-hydroxylation sites is 1. The first-order valence-electron chi connectivity index (χ1n) is 9.46. The topological polar surface area (TPSA) is 63.5 Å². The Kier molecular flexibility index (Phi) is 6.68. The highest BCUT2D eigenvalue weighted by atomic mass is 16.5. The van der Waals surface area contributed by atoms with Gasteiger partial charge in [0.15, 0.2) is 5.96 Å². The van der Waals surface area contributed by atoms with Gasteiger partial charge in [-0.25, -0.2) is 4.68 Å². The molecule has 0 spiro atoms. The summed E-state index contributed by atoms with van der Waals surface area (Å²) in [5.74, 6) is 1.65. The number of benzene rings is 2. The van der Waals surface area contributed by atoms with Crippen LogP contribution in [0.1, 0.15) is 23.6 Å². The van der Waals surface area contributed by atoms with Gasteiger partial charge in [-0.05, 0) is 43.2 Å². The number of ether oxygens (including phenoxy) is 1. The van der Waals surface area contributed by atoms with Gasteiger partial charge in [-0.15, -0.1) is 0 Å². The number of aromatic nitrogens is 2. The summed E-state index contributed by atoms with van der Waals surface area (Å²) < 4.78 is 7.63. The van der Waals surface area contributed by atoms with Crippen LogP contribution in [0.4, 0.5) is 0 Å². The lowest BCUT2D eigenvalue weighted by atomic mass is 10.1.